The van der Waals surface area contributed by atoms with E-state index in [1.165, 1.54) is 11.1 Å². The molecule has 0 fully saturated rings. The zero-order chi connectivity index (χ0) is 20.4. The van der Waals surface area contributed by atoms with E-state index >= 15 is 0 Å². The lowest BCUT2D eigenvalue weighted by molar-refractivity contribution is 0.373. The number of aliphatic imine (C=N–C) groups is 1. The second kappa shape index (κ2) is 11.1. The van der Waals surface area contributed by atoms with Gasteiger partial charge in [0.15, 0.2) is 17.5 Å². The van der Waals surface area contributed by atoms with Crippen LogP contribution in [0.15, 0.2) is 41.4 Å². The molecule has 2 aromatic carbocycles. The topological polar surface area (TPSA) is 75.1 Å². The Hall–Kier alpha value is -2.89. The number of aryl methyl sites for hydroxylation is 1. The van der Waals surface area contributed by atoms with Crippen molar-refractivity contribution >= 4 is 5.96 Å². The first-order chi connectivity index (χ1) is 13.6. The average Bonchev–Trinajstić information content (AvgIpc) is 2.69. The largest absolute Gasteiger partial charge is 0.504 e. The van der Waals surface area contributed by atoms with Crippen LogP contribution in [0.2, 0.25) is 0 Å². The second-order valence-electron chi connectivity index (χ2n) is 6.51. The lowest BCUT2D eigenvalue weighted by Crippen LogP contribution is -2.38. The van der Waals surface area contributed by atoms with E-state index in [1.54, 1.807) is 20.3 Å². The van der Waals surface area contributed by atoms with Gasteiger partial charge in [-0.25, -0.2) is 0 Å². The van der Waals surface area contributed by atoms with Gasteiger partial charge in [-0.05, 0) is 56.0 Å². The minimum Gasteiger partial charge on any atom is -0.504 e. The van der Waals surface area contributed by atoms with Crippen LogP contribution < -0.4 is 20.1 Å². The van der Waals surface area contributed by atoms with Crippen LogP contribution >= 0.6 is 0 Å². The zero-order valence-corrected chi connectivity index (χ0v) is 17.2. The van der Waals surface area contributed by atoms with Crippen LogP contribution in [0.1, 0.15) is 23.6 Å². The van der Waals surface area contributed by atoms with E-state index in [9.17, 15) is 5.11 Å². The molecule has 152 valence electrons. The third kappa shape index (κ3) is 6.37. The molecule has 0 amide bonds. The van der Waals surface area contributed by atoms with Crippen molar-refractivity contribution in [3.05, 3.63) is 53.1 Å². The number of guanidine groups is 1. The highest BCUT2D eigenvalue weighted by atomic mass is 16.5. The number of nitrogens with zero attached hydrogens (tertiary/aromatic N) is 1. The van der Waals surface area contributed by atoms with Gasteiger partial charge in [0.05, 0.1) is 14.2 Å². The summed E-state index contributed by atoms with van der Waals surface area (Å²) in [6.07, 6.45) is 1.61. The molecule has 6 nitrogen and oxygen atoms in total. The number of phenols is 1. The van der Waals surface area contributed by atoms with Gasteiger partial charge in [0, 0.05) is 19.6 Å². The Morgan fingerprint density at radius 3 is 2.50 bits per heavy atom. The molecule has 0 unspecified atom stereocenters. The predicted octanol–water partition coefficient (Wildman–Crippen LogP) is 3.06. The maximum atomic E-state index is 9.69. The monoisotopic (exact) mass is 385 g/mol. The van der Waals surface area contributed by atoms with E-state index in [0.29, 0.717) is 12.3 Å². The molecule has 0 heterocycles. The number of hydrogen-bond acceptors (Lipinski definition) is 4. The fourth-order valence-corrected chi connectivity index (χ4v) is 2.94. The number of hydrogen-bond donors (Lipinski definition) is 3. The Bertz CT molecular complexity index is 791. The molecular formula is C22H31N3O3. The van der Waals surface area contributed by atoms with E-state index in [-0.39, 0.29) is 5.75 Å². The van der Waals surface area contributed by atoms with Crippen molar-refractivity contribution in [3.8, 4) is 17.2 Å². The Labute approximate surface area is 167 Å². The maximum absolute atomic E-state index is 9.69. The molecule has 0 spiro atoms. The SMILES string of the molecule is CCNC(=NCCc1cc(C)ccc1OC)NCCc1ccc(O)c(OC)c1. The molecule has 2 aromatic rings. The van der Waals surface area contributed by atoms with Gasteiger partial charge >= 0.3 is 0 Å². The summed E-state index contributed by atoms with van der Waals surface area (Å²) in [7, 11) is 3.25. The molecule has 0 aromatic heterocycles. The Morgan fingerprint density at radius 1 is 1.00 bits per heavy atom. The number of rotatable bonds is 9. The van der Waals surface area contributed by atoms with Gasteiger partial charge in [0.1, 0.15) is 5.75 Å². The Balaban J connectivity index is 1.91. The summed E-state index contributed by atoms with van der Waals surface area (Å²) >= 11 is 0. The van der Waals surface area contributed by atoms with Crippen molar-refractivity contribution in [2.75, 3.05) is 33.9 Å². The van der Waals surface area contributed by atoms with Gasteiger partial charge in [-0.2, -0.15) is 0 Å². The summed E-state index contributed by atoms with van der Waals surface area (Å²) in [4.78, 5) is 4.67. The van der Waals surface area contributed by atoms with Crippen molar-refractivity contribution in [2.45, 2.75) is 26.7 Å². The molecule has 6 heteroatoms. The molecule has 0 saturated heterocycles. The molecule has 0 aliphatic heterocycles. The number of phenolic OH excluding ortho intramolecular Hbond substituents is 1. The standard InChI is InChI=1S/C22H31N3O3/c1-5-23-22(24-12-10-17-7-8-19(26)21(15-17)28-4)25-13-11-18-14-16(2)6-9-20(18)27-3/h6-9,14-15,26H,5,10-13H2,1-4H3,(H2,23,24,25). The maximum Gasteiger partial charge on any atom is 0.191 e. The van der Waals surface area contributed by atoms with Crippen LogP contribution in [0.25, 0.3) is 0 Å². The lowest BCUT2D eigenvalue weighted by atomic mass is 10.1. The van der Waals surface area contributed by atoms with Gasteiger partial charge < -0.3 is 25.2 Å². The van der Waals surface area contributed by atoms with Gasteiger partial charge in [0.2, 0.25) is 0 Å². The van der Waals surface area contributed by atoms with Gasteiger partial charge in [0.25, 0.3) is 0 Å². The summed E-state index contributed by atoms with van der Waals surface area (Å²) in [5, 5.41) is 16.3. The molecule has 0 aliphatic carbocycles. The van der Waals surface area contributed by atoms with E-state index in [4.69, 9.17) is 9.47 Å². The van der Waals surface area contributed by atoms with Crippen molar-refractivity contribution in [2.24, 2.45) is 4.99 Å². The average molecular weight is 386 g/mol. The van der Waals surface area contributed by atoms with Crippen LogP contribution in [-0.2, 0) is 12.8 Å². The fourth-order valence-electron chi connectivity index (χ4n) is 2.94. The highest BCUT2D eigenvalue weighted by Gasteiger charge is 2.05. The van der Waals surface area contributed by atoms with Crippen LogP contribution in [0.5, 0.6) is 17.2 Å². The van der Waals surface area contributed by atoms with E-state index in [0.717, 1.165) is 43.2 Å². The number of ether oxygens (including phenoxy) is 2. The van der Waals surface area contributed by atoms with Gasteiger partial charge in [-0.1, -0.05) is 23.8 Å². The smallest absolute Gasteiger partial charge is 0.191 e. The number of nitrogens with one attached hydrogen (secondary N) is 2. The molecule has 28 heavy (non-hydrogen) atoms. The highest BCUT2D eigenvalue weighted by Crippen LogP contribution is 2.26. The van der Waals surface area contributed by atoms with Crippen molar-refractivity contribution < 1.29 is 14.6 Å². The number of benzene rings is 2. The highest BCUT2D eigenvalue weighted by molar-refractivity contribution is 5.79. The van der Waals surface area contributed by atoms with Crippen LogP contribution in [0, 0.1) is 6.92 Å². The molecule has 0 aliphatic rings. The minimum atomic E-state index is 0.153. The van der Waals surface area contributed by atoms with Crippen molar-refractivity contribution in [3.63, 3.8) is 0 Å². The molecule has 0 radical (unpaired) electrons. The molecule has 3 N–H and O–H groups in total. The van der Waals surface area contributed by atoms with Gasteiger partial charge in [-0.15, -0.1) is 0 Å². The first kappa shape index (κ1) is 21.4. The second-order valence-corrected chi connectivity index (χ2v) is 6.51. The van der Waals surface area contributed by atoms with Crippen molar-refractivity contribution in [1.29, 1.82) is 0 Å². The molecule has 0 atom stereocenters. The molecular weight excluding hydrogens is 354 g/mol. The summed E-state index contributed by atoms with van der Waals surface area (Å²) < 4.78 is 10.6. The van der Waals surface area contributed by atoms with E-state index < -0.39 is 0 Å². The first-order valence-corrected chi connectivity index (χ1v) is 9.59. The summed E-state index contributed by atoms with van der Waals surface area (Å²) in [6, 6.07) is 11.6. The lowest BCUT2D eigenvalue weighted by Gasteiger charge is -2.13. The summed E-state index contributed by atoms with van der Waals surface area (Å²) in [6.45, 7) is 6.32. The molecule has 2 rings (SSSR count). The number of methoxy groups -OCH3 is 2. The third-order valence-electron chi connectivity index (χ3n) is 4.38. The van der Waals surface area contributed by atoms with Crippen LogP contribution in [-0.4, -0.2) is 44.9 Å². The zero-order valence-electron chi connectivity index (χ0n) is 17.2. The van der Waals surface area contributed by atoms with Gasteiger partial charge in [-0.3, -0.25) is 4.99 Å². The molecule has 0 saturated carbocycles. The normalized spacial score (nSPS) is 11.2. The minimum absolute atomic E-state index is 0.153. The first-order valence-electron chi connectivity index (χ1n) is 9.59. The van der Waals surface area contributed by atoms with E-state index in [2.05, 4.69) is 34.7 Å². The Kier molecular flexibility index (Phi) is 8.46. The fraction of sp³-hybridized carbons (Fsp3) is 0.409. The van der Waals surface area contributed by atoms with E-state index in [1.807, 2.05) is 25.1 Å². The predicted molar refractivity (Wildman–Crippen MR) is 114 cm³/mol. The summed E-state index contributed by atoms with van der Waals surface area (Å²) in [5.41, 5.74) is 3.47. The van der Waals surface area contributed by atoms with Crippen molar-refractivity contribution in [1.82, 2.24) is 10.6 Å². The Morgan fingerprint density at radius 2 is 1.79 bits per heavy atom. The van der Waals surface area contributed by atoms with Crippen LogP contribution in [0.3, 0.4) is 0 Å². The third-order valence-corrected chi connectivity index (χ3v) is 4.38. The quantitative estimate of drug-likeness (QED) is 0.457. The van der Waals surface area contributed by atoms with Crippen LogP contribution in [0.4, 0.5) is 0 Å². The molecule has 0 bridgehead atoms. The summed E-state index contributed by atoms with van der Waals surface area (Å²) in [5.74, 6) is 2.34. The number of aromatic hydroxyl groups is 1.